The van der Waals surface area contributed by atoms with Gasteiger partial charge >= 0.3 is 0 Å². The van der Waals surface area contributed by atoms with Crippen molar-refractivity contribution < 1.29 is 23.6 Å². The van der Waals surface area contributed by atoms with Gasteiger partial charge in [0.25, 0.3) is 0 Å². The smallest absolute Gasteiger partial charge is 0.240 e. The third-order valence-electron chi connectivity index (χ3n) is 7.31. The zero-order valence-electron chi connectivity index (χ0n) is 19.8. The van der Waals surface area contributed by atoms with Crippen molar-refractivity contribution in [3.05, 3.63) is 124 Å². The van der Waals surface area contributed by atoms with Gasteiger partial charge in [-0.3, -0.25) is 19.2 Å². The van der Waals surface area contributed by atoms with Gasteiger partial charge in [-0.05, 0) is 36.4 Å². The molecule has 188 valence electrons. The van der Waals surface area contributed by atoms with E-state index in [1.807, 2.05) is 6.07 Å². The average molecular weight is 571 g/mol. The normalized spacial score (nSPS) is 23.8. The van der Waals surface area contributed by atoms with Gasteiger partial charge in [-0.1, -0.05) is 70.5 Å². The molecule has 0 saturated carbocycles. The summed E-state index contributed by atoms with van der Waals surface area (Å²) in [5.41, 5.74) is 1.37. The van der Waals surface area contributed by atoms with Crippen LogP contribution < -0.4 is 4.90 Å². The summed E-state index contributed by atoms with van der Waals surface area (Å²) in [6.45, 7) is 0. The Balaban J connectivity index is 1.44. The number of halogens is 2. The van der Waals surface area contributed by atoms with Crippen molar-refractivity contribution in [3.63, 3.8) is 0 Å². The van der Waals surface area contributed by atoms with Crippen LogP contribution in [0, 0.1) is 17.7 Å². The third-order valence-corrected chi connectivity index (χ3v) is 7.84. The van der Waals surface area contributed by atoms with Crippen LogP contribution in [-0.2, 0) is 9.59 Å². The average Bonchev–Trinajstić information content (AvgIpc) is 3.40. The van der Waals surface area contributed by atoms with E-state index in [1.165, 1.54) is 18.2 Å². The van der Waals surface area contributed by atoms with E-state index in [0.29, 0.717) is 16.7 Å². The van der Waals surface area contributed by atoms with E-state index in [-0.39, 0.29) is 17.3 Å². The number of allylic oxidation sites excluding steroid dienone is 2. The lowest BCUT2D eigenvalue weighted by atomic mass is 9.85. The number of rotatable bonds is 5. The molecule has 6 rings (SSSR count). The molecule has 0 spiro atoms. The van der Waals surface area contributed by atoms with Crippen LogP contribution in [0.15, 0.2) is 107 Å². The second-order valence-corrected chi connectivity index (χ2v) is 10.3. The molecule has 0 N–H and O–H groups in total. The Hall–Kier alpha value is -4.17. The van der Waals surface area contributed by atoms with Crippen molar-refractivity contribution in [2.24, 2.45) is 11.8 Å². The SMILES string of the molecule is O=C(C1=C[C@@H]2[C@H]3C(=O)N(c4cccc(F)c4)C(=O)[C@@H]3[C@H](C(=O)c3ccc(Br)cc3)N2C=C1)c1ccccc1. The first-order chi connectivity index (χ1) is 18.3. The number of hydrogen-bond acceptors (Lipinski definition) is 5. The Morgan fingerprint density at radius 2 is 1.53 bits per heavy atom. The molecule has 2 saturated heterocycles. The minimum Gasteiger partial charge on any atom is -0.359 e. The number of ketones is 2. The number of Topliss-reactive ketones (excluding diaryl/α,β-unsaturated/α-hetero) is 2. The van der Waals surface area contributed by atoms with Crippen LogP contribution in [0.5, 0.6) is 0 Å². The summed E-state index contributed by atoms with van der Waals surface area (Å²) in [7, 11) is 0. The van der Waals surface area contributed by atoms with Crippen molar-refractivity contribution in [1.82, 2.24) is 4.90 Å². The quantitative estimate of drug-likeness (QED) is 0.320. The number of anilines is 1. The van der Waals surface area contributed by atoms with Crippen LogP contribution in [0.4, 0.5) is 10.1 Å². The maximum atomic E-state index is 14.0. The molecule has 3 aromatic rings. The first-order valence-electron chi connectivity index (χ1n) is 12.1. The third kappa shape index (κ3) is 3.83. The van der Waals surface area contributed by atoms with Crippen LogP contribution in [0.3, 0.4) is 0 Å². The number of hydrogen-bond donors (Lipinski definition) is 0. The summed E-state index contributed by atoms with van der Waals surface area (Å²) in [4.78, 5) is 57.2. The molecule has 8 heteroatoms. The van der Waals surface area contributed by atoms with Crippen LogP contribution in [0.2, 0.25) is 0 Å². The first kappa shape index (κ1) is 24.2. The summed E-state index contributed by atoms with van der Waals surface area (Å²) in [5, 5.41) is 0. The van der Waals surface area contributed by atoms with E-state index in [1.54, 1.807) is 71.8 Å². The van der Waals surface area contributed by atoms with Gasteiger partial charge < -0.3 is 4.90 Å². The maximum absolute atomic E-state index is 14.0. The topological polar surface area (TPSA) is 74.8 Å². The lowest BCUT2D eigenvalue weighted by molar-refractivity contribution is -0.123. The highest BCUT2D eigenvalue weighted by molar-refractivity contribution is 9.10. The van der Waals surface area contributed by atoms with Crippen molar-refractivity contribution >= 4 is 45.0 Å². The Bertz CT molecular complexity index is 1550. The van der Waals surface area contributed by atoms with Crippen molar-refractivity contribution in [3.8, 4) is 0 Å². The maximum Gasteiger partial charge on any atom is 0.240 e. The Morgan fingerprint density at radius 1 is 0.816 bits per heavy atom. The van der Waals surface area contributed by atoms with Crippen LogP contribution in [0.1, 0.15) is 20.7 Å². The summed E-state index contributed by atoms with van der Waals surface area (Å²) >= 11 is 3.37. The van der Waals surface area contributed by atoms with Gasteiger partial charge in [-0.25, -0.2) is 9.29 Å². The number of fused-ring (bicyclic) bond motifs is 3. The zero-order chi connectivity index (χ0) is 26.6. The molecule has 0 bridgehead atoms. The van der Waals surface area contributed by atoms with Gasteiger partial charge in [0.2, 0.25) is 11.8 Å². The summed E-state index contributed by atoms with van der Waals surface area (Å²) in [5.74, 6) is -4.12. The number of amides is 2. The molecule has 3 aromatic carbocycles. The second-order valence-electron chi connectivity index (χ2n) is 9.43. The Morgan fingerprint density at radius 3 is 2.24 bits per heavy atom. The summed E-state index contributed by atoms with van der Waals surface area (Å²) in [6, 6.07) is 19.1. The molecule has 38 heavy (non-hydrogen) atoms. The standard InChI is InChI=1S/C30H20BrFN2O4/c31-20-11-9-18(10-12-20)28(36)26-25-24(29(37)34(30(25)38)22-8-4-7-21(32)16-22)23-15-19(13-14-33(23)26)27(35)17-5-2-1-3-6-17/h1-16,23-26H/t23-,24-,25+,26-/m1/s1. The second kappa shape index (κ2) is 9.29. The number of imide groups is 1. The fourth-order valence-electron chi connectivity index (χ4n) is 5.61. The fraction of sp³-hybridized carbons (Fsp3) is 0.133. The molecule has 6 nitrogen and oxygen atoms in total. The monoisotopic (exact) mass is 570 g/mol. The van der Waals surface area contributed by atoms with E-state index < -0.39 is 41.6 Å². The van der Waals surface area contributed by atoms with E-state index in [9.17, 15) is 23.6 Å². The number of carbonyl (C=O) groups excluding carboxylic acids is 4. The fourth-order valence-corrected chi connectivity index (χ4v) is 5.87. The van der Waals surface area contributed by atoms with Gasteiger partial charge in [0.1, 0.15) is 11.9 Å². The van der Waals surface area contributed by atoms with Crippen LogP contribution in [0.25, 0.3) is 0 Å². The first-order valence-corrected chi connectivity index (χ1v) is 12.8. The molecule has 3 heterocycles. The number of benzene rings is 3. The molecule has 0 aromatic heterocycles. The minimum atomic E-state index is -1.00. The van der Waals surface area contributed by atoms with Crippen molar-refractivity contribution in [2.75, 3.05) is 4.90 Å². The highest BCUT2D eigenvalue weighted by atomic mass is 79.9. The van der Waals surface area contributed by atoms with E-state index in [4.69, 9.17) is 0 Å². The minimum absolute atomic E-state index is 0.117. The van der Waals surface area contributed by atoms with Gasteiger partial charge in [-0.15, -0.1) is 0 Å². The largest absolute Gasteiger partial charge is 0.359 e. The Kier molecular flexibility index (Phi) is 5.91. The number of nitrogens with zero attached hydrogens (tertiary/aromatic N) is 2. The van der Waals surface area contributed by atoms with Gasteiger partial charge in [0.05, 0.1) is 23.6 Å². The van der Waals surface area contributed by atoms with E-state index in [2.05, 4.69) is 15.9 Å². The van der Waals surface area contributed by atoms with Crippen molar-refractivity contribution in [1.29, 1.82) is 0 Å². The van der Waals surface area contributed by atoms with Gasteiger partial charge in [0, 0.05) is 27.4 Å². The molecule has 2 fully saturated rings. The zero-order valence-corrected chi connectivity index (χ0v) is 21.4. The predicted octanol–water partition coefficient (Wildman–Crippen LogP) is 4.97. The van der Waals surface area contributed by atoms with E-state index in [0.717, 1.165) is 15.4 Å². The van der Waals surface area contributed by atoms with Gasteiger partial charge in [0.15, 0.2) is 11.6 Å². The summed E-state index contributed by atoms with van der Waals surface area (Å²) < 4.78 is 14.8. The van der Waals surface area contributed by atoms with Crippen molar-refractivity contribution in [2.45, 2.75) is 12.1 Å². The molecule has 3 aliphatic heterocycles. The molecular weight excluding hydrogens is 551 g/mol. The van der Waals surface area contributed by atoms with E-state index >= 15 is 0 Å². The molecular formula is C30H20BrFN2O4. The molecule has 0 aliphatic carbocycles. The molecule has 2 amide bonds. The highest BCUT2D eigenvalue weighted by Gasteiger charge is 2.63. The lowest BCUT2D eigenvalue weighted by Gasteiger charge is -2.32. The van der Waals surface area contributed by atoms with Gasteiger partial charge in [-0.2, -0.15) is 0 Å². The molecule has 0 unspecified atom stereocenters. The van der Waals surface area contributed by atoms with Crippen LogP contribution in [-0.4, -0.2) is 40.4 Å². The summed E-state index contributed by atoms with van der Waals surface area (Å²) in [6.07, 6.45) is 4.92. The predicted molar refractivity (Wildman–Crippen MR) is 142 cm³/mol. The molecule has 0 radical (unpaired) electrons. The molecule has 3 aliphatic rings. The number of carbonyl (C=O) groups is 4. The molecule has 4 atom stereocenters. The lowest BCUT2D eigenvalue weighted by Crippen LogP contribution is -2.46. The highest BCUT2D eigenvalue weighted by Crippen LogP contribution is 2.47. The Labute approximate surface area is 226 Å². The van der Waals surface area contributed by atoms with Crippen LogP contribution >= 0.6 is 15.9 Å².